The molecule has 0 saturated heterocycles. The molecule has 151 valence electrons. The summed E-state index contributed by atoms with van der Waals surface area (Å²) in [4.78, 5) is 0. The van der Waals surface area contributed by atoms with Gasteiger partial charge in [0.05, 0.1) is 0 Å². The maximum absolute atomic E-state index is 2.63. The van der Waals surface area contributed by atoms with Crippen LogP contribution in [-0.2, 0) is 20.4 Å². The molecule has 0 aromatic rings. The third kappa shape index (κ3) is 5.70. The van der Waals surface area contributed by atoms with Gasteiger partial charge in [-0.3, -0.25) is 0 Å². The van der Waals surface area contributed by atoms with Gasteiger partial charge in [0.25, 0.3) is 0 Å². The number of halogens is 2. The van der Waals surface area contributed by atoms with Crippen LogP contribution in [0, 0.1) is 5.41 Å². The summed E-state index contributed by atoms with van der Waals surface area (Å²) in [6.45, 7) is 17.1. The summed E-state index contributed by atoms with van der Waals surface area (Å²) in [7, 11) is -1.69. The minimum absolute atomic E-state index is 0. The molecule has 5 heteroatoms. The quantitative estimate of drug-likeness (QED) is 0.408. The Labute approximate surface area is 197 Å². The van der Waals surface area contributed by atoms with E-state index >= 15 is 0 Å². The van der Waals surface area contributed by atoms with Gasteiger partial charge in [0.2, 0.25) is 0 Å². The van der Waals surface area contributed by atoms with Gasteiger partial charge in [-0.2, -0.15) is 0 Å². The Morgan fingerprint density at radius 3 is 2.33 bits per heavy atom. The van der Waals surface area contributed by atoms with E-state index in [2.05, 4.69) is 104 Å². The fourth-order valence-electron chi connectivity index (χ4n) is 4.25. The summed E-state index contributed by atoms with van der Waals surface area (Å²) in [5.41, 5.74) is 3.36. The average Bonchev–Trinajstić information content (AvgIpc) is 2.94. The van der Waals surface area contributed by atoms with Gasteiger partial charge < -0.3 is 24.8 Å². The zero-order valence-corrected chi connectivity index (χ0v) is 22.9. The fraction of sp³-hybridized carbons (Fsp3) is 0.636. The Hall–Kier alpha value is 0.821. The van der Waals surface area contributed by atoms with Crippen LogP contribution in [0.25, 0.3) is 0 Å². The first-order valence-corrected chi connectivity index (χ1v) is 14.5. The molecule has 2 rings (SSSR count). The first kappa shape index (κ1) is 27.8. The van der Waals surface area contributed by atoms with Crippen LogP contribution in [-0.4, -0.2) is 18.2 Å². The standard InChI is InChI=1S/C22H35SSi.2ClH.Ti/c1-8-9-16-23-22(24(6,7)19-12-10-11-13-19)15-14-18(2)17-20(22)21(3,4)5;;;/h10,12,14,17H,8-9,11,15-16H2,1-7H3;2*1H;/q;;;+2/p-2. The summed E-state index contributed by atoms with van der Waals surface area (Å²) in [6.07, 6.45) is 14.9. The van der Waals surface area contributed by atoms with Gasteiger partial charge in [-0.15, -0.1) is 0 Å². The number of thioether (sulfide) groups is 1. The maximum Gasteiger partial charge on any atom is -1.00 e. The molecule has 2 aliphatic carbocycles. The molecule has 0 nitrogen and oxygen atoms in total. The molecule has 27 heavy (non-hydrogen) atoms. The molecule has 0 aromatic carbocycles. The largest absolute Gasteiger partial charge is 1.00 e. The predicted octanol–water partition coefficient (Wildman–Crippen LogP) is 1.14. The van der Waals surface area contributed by atoms with E-state index in [9.17, 15) is 0 Å². The van der Waals surface area contributed by atoms with E-state index in [1.54, 1.807) is 14.6 Å². The van der Waals surface area contributed by atoms with Crippen LogP contribution in [0.4, 0.5) is 0 Å². The van der Waals surface area contributed by atoms with Crippen molar-refractivity contribution in [3.8, 4) is 0 Å². The van der Waals surface area contributed by atoms with Crippen molar-refractivity contribution in [1.82, 2.24) is 0 Å². The van der Waals surface area contributed by atoms with Gasteiger partial charge in [-0.05, 0) is 0 Å². The van der Waals surface area contributed by atoms with Crippen LogP contribution in [0.3, 0.4) is 0 Å². The number of hydrogen-bond donors (Lipinski definition) is 0. The molecule has 1 atom stereocenters. The Morgan fingerprint density at radius 2 is 1.85 bits per heavy atom. The van der Waals surface area contributed by atoms with Gasteiger partial charge in [0, 0.05) is 0 Å². The Balaban J connectivity index is 0.00000338. The molecule has 0 spiro atoms. The molecule has 0 bridgehead atoms. The maximum atomic E-state index is 2.63. The number of unbranched alkanes of at least 4 members (excludes halogenated alkanes) is 1. The molecule has 0 radical (unpaired) electrons. The van der Waals surface area contributed by atoms with Gasteiger partial charge in [0.1, 0.15) is 0 Å². The smallest absolute Gasteiger partial charge is 1.00 e. The van der Waals surface area contributed by atoms with E-state index in [-0.39, 0.29) is 34.6 Å². The molecule has 0 amide bonds. The second-order valence-electron chi connectivity index (χ2n) is 9.11. The Morgan fingerprint density at radius 1 is 1.22 bits per heavy atom. The van der Waals surface area contributed by atoms with E-state index in [4.69, 9.17) is 0 Å². The van der Waals surface area contributed by atoms with Gasteiger partial charge in [-0.1, -0.05) is 0 Å². The molecule has 0 fully saturated rings. The van der Waals surface area contributed by atoms with Crippen molar-refractivity contribution >= 4 is 19.8 Å². The summed E-state index contributed by atoms with van der Waals surface area (Å²) in [5.74, 6) is 1.28. The van der Waals surface area contributed by atoms with Crippen molar-refractivity contribution in [2.24, 2.45) is 5.41 Å². The normalized spacial score (nSPS) is 22.9. The van der Waals surface area contributed by atoms with E-state index in [1.807, 2.05) is 0 Å². The minimum Gasteiger partial charge on any atom is -1.00 e. The molecule has 2 aliphatic rings. The SMILES string of the molecule is CCCCSC1([Si](C)(C)C2=[C]([Ti+2])CC=C2)CC=C(C)C=C1C(C)(C)C.[Cl-].[Cl-]. The summed E-state index contributed by atoms with van der Waals surface area (Å²) in [6, 6.07) is 0. The van der Waals surface area contributed by atoms with Crippen molar-refractivity contribution in [2.75, 3.05) is 5.75 Å². The van der Waals surface area contributed by atoms with Crippen molar-refractivity contribution in [3.05, 3.63) is 44.5 Å². The van der Waals surface area contributed by atoms with Crippen LogP contribution in [0.5, 0.6) is 0 Å². The number of allylic oxidation sites excluding steroid dienone is 7. The summed E-state index contributed by atoms with van der Waals surface area (Å²) < 4.78 is 1.90. The van der Waals surface area contributed by atoms with Gasteiger partial charge >= 0.3 is 174 Å². The summed E-state index contributed by atoms with van der Waals surface area (Å²) in [5, 5.41) is 1.71. The van der Waals surface area contributed by atoms with E-state index in [1.165, 1.54) is 30.6 Å². The predicted molar refractivity (Wildman–Crippen MR) is 114 cm³/mol. The number of hydrogen-bond acceptors (Lipinski definition) is 1. The molecule has 0 N–H and O–H groups in total. The zero-order valence-electron chi connectivity index (χ0n) is 18.0. The van der Waals surface area contributed by atoms with Crippen LogP contribution < -0.4 is 24.8 Å². The molecular formula is C22H35Cl2SSiTi. The zero-order chi connectivity index (χ0) is 18.9. The topological polar surface area (TPSA) is 0 Å². The number of rotatable bonds is 6. The molecule has 1 unspecified atom stereocenters. The average molecular weight is 478 g/mol. The van der Waals surface area contributed by atoms with Crippen molar-refractivity contribution < 1.29 is 45.2 Å². The van der Waals surface area contributed by atoms with Crippen molar-refractivity contribution in [3.63, 3.8) is 0 Å². The van der Waals surface area contributed by atoms with Crippen LogP contribution in [0.15, 0.2) is 44.5 Å². The third-order valence-electron chi connectivity index (χ3n) is 5.79. The molecule has 0 saturated carbocycles. The van der Waals surface area contributed by atoms with Crippen molar-refractivity contribution in [2.45, 2.75) is 77.8 Å². The van der Waals surface area contributed by atoms with Crippen LogP contribution in [0.2, 0.25) is 13.1 Å². The monoisotopic (exact) mass is 477 g/mol. The Bertz CT molecular complexity index is 641. The Kier molecular flexibility index (Phi) is 11.1. The third-order valence-corrected chi connectivity index (χ3v) is 14.6. The van der Waals surface area contributed by atoms with Gasteiger partial charge in [-0.25, -0.2) is 0 Å². The first-order valence-electron chi connectivity index (χ1n) is 9.71. The minimum atomic E-state index is -1.69. The van der Waals surface area contributed by atoms with E-state index < -0.39 is 8.07 Å². The second kappa shape index (κ2) is 10.7. The molecular weight excluding hydrogens is 443 g/mol. The summed E-state index contributed by atoms with van der Waals surface area (Å²) >= 11 is 4.64. The molecule has 0 aliphatic heterocycles. The van der Waals surface area contributed by atoms with Crippen LogP contribution in [0.1, 0.15) is 60.3 Å². The van der Waals surface area contributed by atoms with Crippen molar-refractivity contribution in [1.29, 1.82) is 0 Å². The second-order valence-corrected chi connectivity index (χ2v) is 16.5. The van der Waals surface area contributed by atoms with E-state index in [0.717, 1.165) is 6.42 Å². The first-order chi connectivity index (χ1) is 11.6. The van der Waals surface area contributed by atoms with Crippen LogP contribution >= 0.6 is 11.8 Å². The van der Waals surface area contributed by atoms with E-state index in [0.29, 0.717) is 0 Å². The molecule has 0 heterocycles. The fourth-order valence-corrected chi connectivity index (χ4v) is 13.2. The molecule has 0 aromatic heterocycles. The van der Waals surface area contributed by atoms with Gasteiger partial charge in [0.15, 0.2) is 0 Å².